The third kappa shape index (κ3) is 4.28. The summed E-state index contributed by atoms with van der Waals surface area (Å²) in [6, 6.07) is 16.6. The van der Waals surface area contributed by atoms with E-state index in [-0.39, 0.29) is 11.6 Å². The second-order valence-corrected chi connectivity index (χ2v) is 9.05. The third-order valence-corrected chi connectivity index (χ3v) is 7.03. The van der Waals surface area contributed by atoms with Gasteiger partial charge in [0.2, 0.25) is 5.75 Å². The Balaban J connectivity index is 1.66. The van der Waals surface area contributed by atoms with Crippen LogP contribution in [0, 0.1) is 0 Å². The van der Waals surface area contributed by atoms with E-state index in [4.69, 9.17) is 33.7 Å². The highest BCUT2D eigenvalue weighted by Crippen LogP contribution is 2.42. The van der Waals surface area contributed by atoms with Crippen LogP contribution in [0.4, 0.5) is 5.13 Å². The number of ether oxygens (including phenoxy) is 5. The number of thiazole rings is 1. The summed E-state index contributed by atoms with van der Waals surface area (Å²) in [5, 5.41) is 0.448. The average Bonchev–Trinajstić information content (AvgIpc) is 3.53. The topological polar surface area (TPSA) is 91.7 Å². The summed E-state index contributed by atoms with van der Waals surface area (Å²) in [5.41, 5.74) is 2.27. The molecule has 10 heteroatoms. The number of hydrogen-bond acceptors (Lipinski definition) is 9. The first kappa shape index (κ1) is 25.1. The highest BCUT2D eigenvalue weighted by molar-refractivity contribution is 7.23. The summed E-state index contributed by atoms with van der Waals surface area (Å²) in [5.74, 6) is 2.77. The zero-order chi connectivity index (χ0) is 26.8. The van der Waals surface area contributed by atoms with Crippen LogP contribution < -0.4 is 28.6 Å². The van der Waals surface area contributed by atoms with Gasteiger partial charge in [-0.05, 0) is 35.9 Å². The minimum atomic E-state index is -0.324. The van der Waals surface area contributed by atoms with Gasteiger partial charge in [0.25, 0.3) is 5.91 Å². The fraction of sp³-hybridized carbons (Fsp3) is 0.179. The first-order valence-electron chi connectivity index (χ1n) is 11.5. The van der Waals surface area contributed by atoms with E-state index in [9.17, 15) is 4.79 Å². The van der Waals surface area contributed by atoms with Gasteiger partial charge in [0.15, 0.2) is 16.6 Å². The molecule has 2 heterocycles. The van der Waals surface area contributed by atoms with E-state index in [0.29, 0.717) is 50.8 Å². The maximum Gasteiger partial charge on any atom is 0.284 e. The standard InChI is InChI=1S/C28H25N3O6S/c1-33-19-11-12-20(34-2)25-23(19)30-28(38-25)31-26(17-9-7-6-8-10-17)29-18(27(31)32)13-16-14-21(35-3)24(37-5)22(15-16)36-4/h6-15H,1-5H3. The molecule has 194 valence electrons. The van der Waals surface area contributed by atoms with Crippen molar-refractivity contribution >= 4 is 44.5 Å². The van der Waals surface area contributed by atoms with Crippen molar-refractivity contribution in [2.24, 2.45) is 4.99 Å². The quantitative estimate of drug-likeness (QED) is 0.290. The molecule has 0 saturated carbocycles. The van der Waals surface area contributed by atoms with E-state index in [2.05, 4.69) is 0 Å². The van der Waals surface area contributed by atoms with Crippen molar-refractivity contribution in [2.45, 2.75) is 0 Å². The van der Waals surface area contributed by atoms with Crippen molar-refractivity contribution in [1.82, 2.24) is 4.98 Å². The molecule has 3 aromatic carbocycles. The lowest BCUT2D eigenvalue weighted by Gasteiger charge is -2.15. The number of hydrogen-bond donors (Lipinski definition) is 0. The number of nitrogens with zero attached hydrogens (tertiary/aromatic N) is 3. The number of benzene rings is 3. The van der Waals surface area contributed by atoms with E-state index in [1.54, 1.807) is 38.5 Å². The molecule has 1 aliphatic rings. The molecule has 0 atom stereocenters. The van der Waals surface area contributed by atoms with Crippen LogP contribution in [0.15, 0.2) is 65.3 Å². The lowest BCUT2D eigenvalue weighted by Crippen LogP contribution is -2.32. The molecule has 0 fully saturated rings. The van der Waals surface area contributed by atoms with E-state index in [1.807, 2.05) is 36.4 Å². The van der Waals surface area contributed by atoms with Gasteiger partial charge >= 0.3 is 0 Å². The largest absolute Gasteiger partial charge is 0.495 e. The van der Waals surface area contributed by atoms with Crippen molar-refractivity contribution in [3.05, 3.63) is 71.4 Å². The third-order valence-electron chi connectivity index (χ3n) is 5.97. The molecule has 0 unspecified atom stereocenters. The van der Waals surface area contributed by atoms with Crippen molar-refractivity contribution < 1.29 is 28.5 Å². The molecule has 9 nitrogen and oxygen atoms in total. The normalized spacial score (nSPS) is 14.1. The second-order valence-electron chi connectivity index (χ2n) is 8.07. The van der Waals surface area contributed by atoms with Crippen LogP contribution in [0.2, 0.25) is 0 Å². The summed E-state index contributed by atoms with van der Waals surface area (Å²) in [6.45, 7) is 0. The van der Waals surface area contributed by atoms with E-state index >= 15 is 0 Å². The lowest BCUT2D eigenvalue weighted by atomic mass is 10.1. The van der Waals surface area contributed by atoms with E-state index in [0.717, 1.165) is 10.3 Å². The Labute approximate surface area is 223 Å². The first-order valence-corrected chi connectivity index (χ1v) is 12.4. The molecule has 0 N–H and O–H groups in total. The van der Waals surface area contributed by atoms with Crippen molar-refractivity contribution in [2.75, 3.05) is 40.4 Å². The Morgan fingerprint density at radius 1 is 0.789 bits per heavy atom. The molecular weight excluding hydrogens is 506 g/mol. The molecule has 0 spiro atoms. The van der Waals surface area contributed by atoms with Crippen LogP contribution >= 0.6 is 11.3 Å². The van der Waals surface area contributed by atoms with Crippen molar-refractivity contribution in [1.29, 1.82) is 0 Å². The SMILES string of the molecule is COc1cc(C=C2N=C(c3ccccc3)N(c3nc4c(OC)ccc(OC)c4s3)C2=O)cc(OC)c1OC. The van der Waals surface area contributed by atoms with E-state index in [1.165, 1.54) is 37.6 Å². The fourth-order valence-electron chi connectivity index (χ4n) is 4.19. The van der Waals surface area contributed by atoms with Crippen molar-refractivity contribution in [3.8, 4) is 28.7 Å². The van der Waals surface area contributed by atoms with Gasteiger partial charge < -0.3 is 23.7 Å². The number of amides is 1. The zero-order valence-corrected chi connectivity index (χ0v) is 22.3. The molecule has 0 bridgehead atoms. The smallest absolute Gasteiger partial charge is 0.284 e. The van der Waals surface area contributed by atoms with Gasteiger partial charge in [0.1, 0.15) is 33.2 Å². The number of anilines is 1. The number of aliphatic imine (C=N–C) groups is 1. The molecule has 1 aliphatic heterocycles. The van der Waals surface area contributed by atoms with Gasteiger partial charge in [-0.3, -0.25) is 4.79 Å². The van der Waals surface area contributed by atoms with Gasteiger partial charge in [-0.25, -0.2) is 14.9 Å². The van der Waals surface area contributed by atoms with Gasteiger partial charge in [0, 0.05) is 5.56 Å². The van der Waals surface area contributed by atoms with Crippen LogP contribution in [-0.2, 0) is 4.79 Å². The summed E-state index contributed by atoms with van der Waals surface area (Å²) in [7, 11) is 7.79. The van der Waals surface area contributed by atoms with Gasteiger partial charge in [-0.2, -0.15) is 0 Å². The van der Waals surface area contributed by atoms with Crippen molar-refractivity contribution in [3.63, 3.8) is 0 Å². The Morgan fingerprint density at radius 3 is 2.03 bits per heavy atom. The molecule has 1 aromatic heterocycles. The predicted molar refractivity (Wildman–Crippen MR) is 147 cm³/mol. The molecule has 0 saturated heterocycles. The Kier molecular flexibility index (Phi) is 6.89. The molecule has 5 rings (SSSR count). The highest BCUT2D eigenvalue weighted by atomic mass is 32.1. The minimum Gasteiger partial charge on any atom is -0.495 e. The summed E-state index contributed by atoms with van der Waals surface area (Å²) >= 11 is 1.33. The van der Waals surface area contributed by atoms with Crippen LogP contribution in [0.5, 0.6) is 28.7 Å². The minimum absolute atomic E-state index is 0.233. The van der Waals surface area contributed by atoms with Crippen LogP contribution in [0.25, 0.3) is 16.3 Å². The maximum absolute atomic E-state index is 13.9. The first-order chi connectivity index (χ1) is 18.5. The van der Waals surface area contributed by atoms with Crippen LogP contribution in [-0.4, -0.2) is 52.3 Å². The van der Waals surface area contributed by atoms with Crippen LogP contribution in [0.1, 0.15) is 11.1 Å². The number of carbonyl (C=O) groups excluding carboxylic acids is 1. The molecular formula is C28H25N3O6S. The predicted octanol–water partition coefficient (Wildman–Crippen LogP) is 5.17. The molecule has 4 aromatic rings. The molecule has 38 heavy (non-hydrogen) atoms. The number of amidine groups is 1. The molecule has 0 radical (unpaired) electrons. The summed E-state index contributed by atoms with van der Waals surface area (Å²) in [6.07, 6.45) is 1.68. The van der Waals surface area contributed by atoms with Gasteiger partial charge in [0.05, 0.1) is 35.5 Å². The second kappa shape index (κ2) is 10.4. The highest BCUT2D eigenvalue weighted by Gasteiger charge is 2.35. The number of fused-ring (bicyclic) bond motifs is 1. The lowest BCUT2D eigenvalue weighted by molar-refractivity contribution is -0.113. The Bertz CT molecular complexity index is 1510. The molecule has 1 amide bonds. The summed E-state index contributed by atoms with van der Waals surface area (Å²) < 4.78 is 28.2. The zero-order valence-electron chi connectivity index (χ0n) is 21.5. The molecule has 0 aliphatic carbocycles. The number of aromatic nitrogens is 1. The fourth-order valence-corrected chi connectivity index (χ4v) is 5.26. The Morgan fingerprint density at radius 2 is 1.42 bits per heavy atom. The van der Waals surface area contributed by atoms with Gasteiger partial charge in [-0.15, -0.1) is 0 Å². The Hall–Kier alpha value is -4.57. The maximum atomic E-state index is 13.9. The van der Waals surface area contributed by atoms with Crippen LogP contribution in [0.3, 0.4) is 0 Å². The number of carbonyl (C=O) groups is 1. The summed E-state index contributed by atoms with van der Waals surface area (Å²) in [4.78, 5) is 24.9. The monoisotopic (exact) mass is 531 g/mol. The number of methoxy groups -OCH3 is 5. The van der Waals surface area contributed by atoms with Gasteiger partial charge in [-0.1, -0.05) is 41.7 Å². The van der Waals surface area contributed by atoms with E-state index < -0.39 is 0 Å². The average molecular weight is 532 g/mol. The number of rotatable bonds is 8.